The quantitative estimate of drug-likeness (QED) is 0.730. The van der Waals surface area contributed by atoms with E-state index >= 15 is 0 Å². The van der Waals surface area contributed by atoms with Crippen LogP contribution >= 0.6 is 0 Å². The van der Waals surface area contributed by atoms with Gasteiger partial charge >= 0.3 is 17.9 Å². The van der Waals surface area contributed by atoms with Crippen LogP contribution in [0.5, 0.6) is 0 Å². The Hall–Kier alpha value is -1.20. The number of carbonyl (C=O) groups excluding carboxylic acids is 2. The Morgan fingerprint density at radius 2 is 2.05 bits per heavy atom. The molecule has 0 aliphatic heterocycles. The largest absolute Gasteiger partial charge is 0.456 e. The molecule has 0 saturated heterocycles. The van der Waals surface area contributed by atoms with Gasteiger partial charge in [-0.15, -0.1) is 0 Å². The number of carbonyl (C=O) groups is 2. The summed E-state index contributed by atoms with van der Waals surface area (Å²) in [6.45, 7) is 1.64. The minimum Gasteiger partial charge on any atom is -0.456 e. The molecular formula is C14H20F2O4. The summed E-state index contributed by atoms with van der Waals surface area (Å²) < 4.78 is 35.0. The molecule has 0 aromatic carbocycles. The summed E-state index contributed by atoms with van der Waals surface area (Å²) in [5.41, 5.74) is -0.485. The van der Waals surface area contributed by atoms with Crippen molar-refractivity contribution in [3.8, 4) is 0 Å². The molecule has 2 bridgehead atoms. The van der Waals surface area contributed by atoms with Crippen LogP contribution in [0.2, 0.25) is 0 Å². The Labute approximate surface area is 116 Å². The van der Waals surface area contributed by atoms with E-state index in [1.807, 2.05) is 6.92 Å². The summed E-state index contributed by atoms with van der Waals surface area (Å²) in [6, 6.07) is 0. The maximum Gasteiger partial charge on any atom is 0.377 e. The van der Waals surface area contributed by atoms with E-state index in [0.717, 1.165) is 19.3 Å². The van der Waals surface area contributed by atoms with Crippen LogP contribution in [0, 0.1) is 11.8 Å². The number of hydrogen-bond acceptors (Lipinski definition) is 4. The second-order valence-electron chi connectivity index (χ2n) is 5.94. The van der Waals surface area contributed by atoms with Gasteiger partial charge in [-0.3, -0.25) is 0 Å². The lowest BCUT2D eigenvalue weighted by atomic mass is 9.82. The summed E-state index contributed by atoms with van der Waals surface area (Å²) in [4.78, 5) is 22.6. The van der Waals surface area contributed by atoms with E-state index < -0.39 is 30.1 Å². The van der Waals surface area contributed by atoms with E-state index in [1.165, 1.54) is 6.42 Å². The summed E-state index contributed by atoms with van der Waals surface area (Å²) in [6.07, 6.45) is 4.81. The highest BCUT2D eigenvalue weighted by Crippen LogP contribution is 2.54. The average molecular weight is 290 g/mol. The predicted molar refractivity (Wildman–Crippen MR) is 66.1 cm³/mol. The lowest BCUT2D eigenvalue weighted by Crippen LogP contribution is -2.41. The van der Waals surface area contributed by atoms with Gasteiger partial charge < -0.3 is 9.47 Å². The fraction of sp³-hybridized carbons (Fsp3) is 0.857. The van der Waals surface area contributed by atoms with Crippen molar-refractivity contribution in [1.82, 2.24) is 0 Å². The highest BCUT2D eigenvalue weighted by molar-refractivity contribution is 5.80. The molecule has 3 atom stereocenters. The maximum absolute atomic E-state index is 12.6. The van der Waals surface area contributed by atoms with Gasteiger partial charge in [0.1, 0.15) is 5.60 Å². The zero-order chi connectivity index (χ0) is 15.0. The van der Waals surface area contributed by atoms with Gasteiger partial charge in [-0.05, 0) is 43.9 Å². The summed E-state index contributed by atoms with van der Waals surface area (Å²) >= 11 is 0. The van der Waals surface area contributed by atoms with Crippen molar-refractivity contribution in [2.24, 2.45) is 11.8 Å². The van der Waals surface area contributed by atoms with Gasteiger partial charge in [0.25, 0.3) is 0 Å². The first-order chi connectivity index (χ1) is 9.27. The second kappa shape index (κ2) is 5.30. The van der Waals surface area contributed by atoms with Gasteiger partial charge in [-0.2, -0.15) is 8.78 Å². The number of ether oxygens (including phenoxy) is 2. The summed E-state index contributed by atoms with van der Waals surface area (Å²) in [5.74, 6) is -5.08. The average Bonchev–Trinajstić information content (AvgIpc) is 2.95. The number of fused-ring (bicyclic) bond motifs is 2. The highest BCUT2D eigenvalue weighted by Gasteiger charge is 2.52. The van der Waals surface area contributed by atoms with E-state index in [1.54, 1.807) is 0 Å². The van der Waals surface area contributed by atoms with E-state index in [2.05, 4.69) is 4.74 Å². The van der Waals surface area contributed by atoms with E-state index in [-0.39, 0.29) is 0 Å². The first-order valence-corrected chi connectivity index (χ1v) is 7.03. The van der Waals surface area contributed by atoms with Gasteiger partial charge in [0.15, 0.2) is 6.61 Å². The molecule has 3 unspecified atom stereocenters. The molecule has 0 aromatic heterocycles. The number of hydrogen-bond donors (Lipinski definition) is 0. The molecule has 2 fully saturated rings. The van der Waals surface area contributed by atoms with Gasteiger partial charge in [0.05, 0.1) is 0 Å². The van der Waals surface area contributed by atoms with E-state index in [0.29, 0.717) is 25.2 Å². The fourth-order valence-electron chi connectivity index (χ4n) is 3.53. The van der Waals surface area contributed by atoms with Crippen LogP contribution in [0.15, 0.2) is 0 Å². The zero-order valence-corrected chi connectivity index (χ0v) is 11.8. The Kier molecular flexibility index (Phi) is 4.02. The maximum atomic E-state index is 12.6. The van der Waals surface area contributed by atoms with Gasteiger partial charge in [-0.25, -0.2) is 9.59 Å². The lowest BCUT2D eigenvalue weighted by Gasteiger charge is -2.36. The molecule has 20 heavy (non-hydrogen) atoms. The van der Waals surface area contributed by atoms with Crippen LogP contribution in [0.3, 0.4) is 0 Å². The zero-order valence-electron chi connectivity index (χ0n) is 11.8. The van der Waals surface area contributed by atoms with Crippen LogP contribution in [-0.2, 0) is 19.1 Å². The molecule has 114 valence electrons. The fourth-order valence-corrected chi connectivity index (χ4v) is 3.53. The molecule has 0 N–H and O–H groups in total. The molecule has 2 saturated carbocycles. The number of halogens is 2. The molecule has 0 heterocycles. The van der Waals surface area contributed by atoms with Crippen LogP contribution in [0.1, 0.15) is 46.0 Å². The lowest BCUT2D eigenvalue weighted by molar-refractivity contribution is -0.183. The second-order valence-corrected chi connectivity index (χ2v) is 5.94. The van der Waals surface area contributed by atoms with Crippen molar-refractivity contribution < 1.29 is 27.8 Å². The smallest absolute Gasteiger partial charge is 0.377 e. The Bertz CT molecular complexity index is 404. The number of esters is 2. The third-order valence-corrected chi connectivity index (χ3v) is 4.51. The van der Waals surface area contributed by atoms with Gasteiger partial charge in [0.2, 0.25) is 0 Å². The molecule has 4 nitrogen and oxygen atoms in total. The van der Waals surface area contributed by atoms with Crippen molar-refractivity contribution in [3.63, 3.8) is 0 Å². The third kappa shape index (κ3) is 2.94. The molecule has 0 spiro atoms. The number of rotatable bonds is 5. The van der Waals surface area contributed by atoms with Crippen LogP contribution in [-0.4, -0.2) is 30.1 Å². The minimum atomic E-state index is -3.59. The topological polar surface area (TPSA) is 52.6 Å². The molecule has 2 aliphatic carbocycles. The van der Waals surface area contributed by atoms with E-state index in [9.17, 15) is 18.4 Å². The molecular weight excluding hydrogens is 270 g/mol. The monoisotopic (exact) mass is 290 g/mol. The van der Waals surface area contributed by atoms with Crippen molar-refractivity contribution >= 4 is 11.9 Å². The first-order valence-electron chi connectivity index (χ1n) is 7.03. The molecule has 2 rings (SSSR count). The van der Waals surface area contributed by atoms with Gasteiger partial charge in [-0.1, -0.05) is 6.92 Å². The van der Waals surface area contributed by atoms with Crippen molar-refractivity contribution in [2.75, 3.05) is 6.61 Å². The predicted octanol–water partition coefficient (Wildman–Crippen LogP) is 2.70. The van der Waals surface area contributed by atoms with Crippen molar-refractivity contribution in [3.05, 3.63) is 0 Å². The summed E-state index contributed by atoms with van der Waals surface area (Å²) in [7, 11) is 0. The molecule has 2 aliphatic rings. The van der Waals surface area contributed by atoms with Crippen LogP contribution in [0.25, 0.3) is 0 Å². The molecule has 0 amide bonds. The Morgan fingerprint density at radius 3 is 2.50 bits per heavy atom. The highest BCUT2D eigenvalue weighted by atomic mass is 19.3. The number of alkyl halides is 2. The Morgan fingerprint density at radius 1 is 1.35 bits per heavy atom. The normalized spacial score (nSPS) is 32.2. The van der Waals surface area contributed by atoms with E-state index in [4.69, 9.17) is 4.74 Å². The minimum absolute atomic E-state index is 0.352. The molecule has 0 radical (unpaired) electrons. The first kappa shape index (κ1) is 15.2. The molecule has 6 heteroatoms. The van der Waals surface area contributed by atoms with Crippen LogP contribution in [0.4, 0.5) is 8.78 Å². The van der Waals surface area contributed by atoms with Crippen molar-refractivity contribution in [1.29, 1.82) is 0 Å². The summed E-state index contributed by atoms with van der Waals surface area (Å²) in [5, 5.41) is 0. The van der Waals surface area contributed by atoms with Gasteiger partial charge in [0, 0.05) is 6.92 Å². The Balaban J connectivity index is 1.86. The SMILES string of the molecule is CCC1(OC(=O)COC(=O)C(C)(F)F)CC2CCC1C2. The van der Waals surface area contributed by atoms with Crippen molar-refractivity contribution in [2.45, 2.75) is 57.5 Å². The standard InChI is InChI=1S/C14H20F2O4/c1-3-14(7-9-4-5-10(14)6-9)20-11(17)8-19-12(18)13(2,15)16/h9-10H,3-8H2,1-2H3. The van der Waals surface area contributed by atoms with Crippen LogP contribution < -0.4 is 0 Å². The third-order valence-electron chi connectivity index (χ3n) is 4.51. The molecule has 0 aromatic rings.